The highest BCUT2D eigenvalue weighted by molar-refractivity contribution is 5.98. The minimum atomic E-state index is -0.755. The van der Waals surface area contributed by atoms with Crippen LogP contribution in [0.1, 0.15) is 52.0 Å². The van der Waals surface area contributed by atoms with Crippen LogP contribution in [0.15, 0.2) is 18.2 Å². The normalized spacial score (nSPS) is 16.1. The molecule has 1 aromatic carbocycles. The third-order valence-electron chi connectivity index (χ3n) is 3.98. The number of rotatable bonds is 6. The zero-order chi connectivity index (χ0) is 16.9. The van der Waals surface area contributed by atoms with Gasteiger partial charge in [-0.05, 0) is 58.6 Å². The first kappa shape index (κ1) is 17.3. The SMILES string of the molecule is CCOC1(C(=O)Nc2ccc(OC(C)C)cc2C#N)CCCC1. The van der Waals surface area contributed by atoms with Crippen molar-refractivity contribution in [3.63, 3.8) is 0 Å². The van der Waals surface area contributed by atoms with Crippen molar-refractivity contribution in [1.29, 1.82) is 5.26 Å². The monoisotopic (exact) mass is 316 g/mol. The van der Waals surface area contributed by atoms with Gasteiger partial charge in [0, 0.05) is 12.7 Å². The van der Waals surface area contributed by atoms with Crippen molar-refractivity contribution in [2.45, 2.75) is 58.2 Å². The maximum absolute atomic E-state index is 12.7. The Balaban J connectivity index is 2.18. The van der Waals surface area contributed by atoms with Crippen LogP contribution in [0.4, 0.5) is 5.69 Å². The lowest BCUT2D eigenvalue weighted by Gasteiger charge is -2.27. The van der Waals surface area contributed by atoms with Gasteiger partial charge in [-0.3, -0.25) is 4.79 Å². The van der Waals surface area contributed by atoms with Gasteiger partial charge in [-0.25, -0.2) is 0 Å². The molecule has 0 unspecified atom stereocenters. The van der Waals surface area contributed by atoms with Crippen molar-refractivity contribution in [2.24, 2.45) is 0 Å². The molecular weight excluding hydrogens is 292 g/mol. The average molecular weight is 316 g/mol. The van der Waals surface area contributed by atoms with Gasteiger partial charge >= 0.3 is 0 Å². The topological polar surface area (TPSA) is 71.3 Å². The first-order valence-electron chi connectivity index (χ1n) is 8.17. The summed E-state index contributed by atoms with van der Waals surface area (Å²) < 4.78 is 11.3. The van der Waals surface area contributed by atoms with Gasteiger partial charge in [-0.2, -0.15) is 5.26 Å². The lowest BCUT2D eigenvalue weighted by molar-refractivity contribution is -0.140. The molecule has 0 saturated heterocycles. The van der Waals surface area contributed by atoms with Gasteiger partial charge in [0.05, 0.1) is 17.4 Å². The highest BCUT2D eigenvalue weighted by atomic mass is 16.5. The van der Waals surface area contributed by atoms with Crippen LogP contribution in [-0.2, 0) is 9.53 Å². The van der Waals surface area contributed by atoms with Gasteiger partial charge in [0.15, 0.2) is 0 Å². The summed E-state index contributed by atoms with van der Waals surface area (Å²) in [5.74, 6) is 0.459. The summed E-state index contributed by atoms with van der Waals surface area (Å²) in [6.45, 7) is 6.24. The highest BCUT2D eigenvalue weighted by Crippen LogP contribution is 2.35. The summed E-state index contributed by atoms with van der Waals surface area (Å²) in [6.07, 6.45) is 3.45. The summed E-state index contributed by atoms with van der Waals surface area (Å²) >= 11 is 0. The van der Waals surface area contributed by atoms with Gasteiger partial charge < -0.3 is 14.8 Å². The lowest BCUT2D eigenvalue weighted by atomic mass is 10.0. The third kappa shape index (κ3) is 4.02. The molecule has 0 aliphatic heterocycles. The van der Waals surface area contributed by atoms with Gasteiger partial charge in [-0.15, -0.1) is 0 Å². The first-order valence-corrected chi connectivity index (χ1v) is 8.17. The second-order valence-electron chi connectivity index (χ2n) is 6.07. The maximum Gasteiger partial charge on any atom is 0.256 e. The number of nitriles is 1. The van der Waals surface area contributed by atoms with Crippen LogP contribution in [0.3, 0.4) is 0 Å². The summed E-state index contributed by atoms with van der Waals surface area (Å²) in [7, 11) is 0. The number of hydrogen-bond acceptors (Lipinski definition) is 4. The van der Waals surface area contributed by atoms with Crippen molar-refractivity contribution >= 4 is 11.6 Å². The van der Waals surface area contributed by atoms with Crippen molar-refractivity contribution in [2.75, 3.05) is 11.9 Å². The van der Waals surface area contributed by atoms with E-state index >= 15 is 0 Å². The van der Waals surface area contributed by atoms with Crippen LogP contribution in [0.2, 0.25) is 0 Å². The van der Waals surface area contributed by atoms with Crippen LogP contribution in [0.5, 0.6) is 5.75 Å². The van der Waals surface area contributed by atoms with Gasteiger partial charge in [-0.1, -0.05) is 0 Å². The maximum atomic E-state index is 12.7. The summed E-state index contributed by atoms with van der Waals surface area (Å²) in [4.78, 5) is 12.7. The molecule has 0 spiro atoms. The quantitative estimate of drug-likeness (QED) is 0.870. The number of benzene rings is 1. The van der Waals surface area contributed by atoms with E-state index in [1.54, 1.807) is 18.2 Å². The predicted octanol–water partition coefficient (Wildman–Crippen LogP) is 3.63. The van der Waals surface area contributed by atoms with Crippen molar-refractivity contribution in [1.82, 2.24) is 0 Å². The Labute approximate surface area is 137 Å². The molecule has 124 valence electrons. The Morgan fingerprint density at radius 1 is 1.39 bits per heavy atom. The zero-order valence-corrected chi connectivity index (χ0v) is 14.0. The Morgan fingerprint density at radius 2 is 2.09 bits per heavy atom. The second kappa shape index (κ2) is 7.47. The molecule has 0 bridgehead atoms. The molecule has 1 aliphatic carbocycles. The average Bonchev–Trinajstić information content (AvgIpc) is 2.98. The molecule has 1 N–H and O–H groups in total. The first-order chi connectivity index (χ1) is 11.0. The van der Waals surface area contributed by atoms with Crippen LogP contribution >= 0.6 is 0 Å². The van der Waals surface area contributed by atoms with E-state index in [0.717, 1.165) is 25.7 Å². The van der Waals surface area contributed by atoms with Crippen molar-refractivity contribution in [3.05, 3.63) is 23.8 Å². The van der Waals surface area contributed by atoms with Crippen LogP contribution in [0, 0.1) is 11.3 Å². The molecule has 1 saturated carbocycles. The number of nitrogens with one attached hydrogen (secondary N) is 1. The Hall–Kier alpha value is -2.06. The molecule has 5 nitrogen and oxygen atoms in total. The summed E-state index contributed by atoms with van der Waals surface area (Å²) in [6, 6.07) is 7.24. The van der Waals surface area contributed by atoms with E-state index < -0.39 is 5.60 Å². The van der Waals surface area contributed by atoms with E-state index in [1.807, 2.05) is 20.8 Å². The van der Waals surface area contributed by atoms with E-state index in [2.05, 4.69) is 11.4 Å². The minimum absolute atomic E-state index is 0.0293. The van der Waals surface area contributed by atoms with E-state index in [0.29, 0.717) is 23.6 Å². The number of amides is 1. The highest BCUT2D eigenvalue weighted by Gasteiger charge is 2.42. The number of nitrogens with zero attached hydrogens (tertiary/aromatic N) is 1. The second-order valence-corrected chi connectivity index (χ2v) is 6.07. The largest absolute Gasteiger partial charge is 0.491 e. The van der Waals surface area contributed by atoms with Crippen LogP contribution in [0.25, 0.3) is 0 Å². The van der Waals surface area contributed by atoms with Gasteiger partial charge in [0.25, 0.3) is 5.91 Å². The fourth-order valence-electron chi connectivity index (χ4n) is 2.97. The zero-order valence-electron chi connectivity index (χ0n) is 14.0. The van der Waals surface area contributed by atoms with E-state index in [4.69, 9.17) is 9.47 Å². The van der Waals surface area contributed by atoms with Gasteiger partial charge in [0.2, 0.25) is 0 Å². The number of hydrogen-bond donors (Lipinski definition) is 1. The van der Waals surface area contributed by atoms with E-state index in [9.17, 15) is 10.1 Å². The number of carbonyl (C=O) groups excluding carboxylic acids is 1. The third-order valence-corrected chi connectivity index (χ3v) is 3.98. The molecule has 1 aliphatic rings. The molecule has 1 amide bonds. The smallest absolute Gasteiger partial charge is 0.256 e. The van der Waals surface area contributed by atoms with Crippen LogP contribution < -0.4 is 10.1 Å². The number of carbonyl (C=O) groups is 1. The molecule has 5 heteroatoms. The Bertz CT molecular complexity index is 599. The van der Waals surface area contributed by atoms with Gasteiger partial charge in [0.1, 0.15) is 17.4 Å². The predicted molar refractivity (Wildman–Crippen MR) is 88.4 cm³/mol. The lowest BCUT2D eigenvalue weighted by Crippen LogP contribution is -2.43. The van der Waals surface area contributed by atoms with Crippen LogP contribution in [-0.4, -0.2) is 24.2 Å². The summed E-state index contributed by atoms with van der Waals surface area (Å²) in [5.41, 5.74) is 0.134. The van der Waals surface area contributed by atoms with Crippen molar-refractivity contribution < 1.29 is 14.3 Å². The standard InChI is InChI=1S/C18H24N2O3/c1-4-22-18(9-5-6-10-18)17(21)20-16-8-7-15(23-13(2)3)11-14(16)12-19/h7-8,11,13H,4-6,9-10H2,1-3H3,(H,20,21). The molecule has 0 aromatic heterocycles. The summed E-state index contributed by atoms with van der Waals surface area (Å²) in [5, 5.41) is 12.2. The molecular formula is C18H24N2O3. The molecule has 2 rings (SSSR count). The molecule has 0 radical (unpaired) electrons. The molecule has 0 heterocycles. The molecule has 1 aromatic rings. The van der Waals surface area contributed by atoms with E-state index in [1.165, 1.54) is 0 Å². The Kier molecular flexibility index (Phi) is 5.62. The number of ether oxygens (including phenoxy) is 2. The van der Waals surface area contributed by atoms with Crippen molar-refractivity contribution in [3.8, 4) is 11.8 Å². The molecule has 1 fully saturated rings. The fourth-order valence-corrected chi connectivity index (χ4v) is 2.97. The minimum Gasteiger partial charge on any atom is -0.491 e. The number of anilines is 1. The molecule has 23 heavy (non-hydrogen) atoms. The fraction of sp³-hybridized carbons (Fsp3) is 0.556. The molecule has 0 atom stereocenters. The van der Waals surface area contributed by atoms with E-state index in [-0.39, 0.29) is 12.0 Å². The Morgan fingerprint density at radius 3 is 2.65 bits per heavy atom.